The van der Waals surface area contributed by atoms with Crippen LogP contribution in [0.2, 0.25) is 0 Å². The number of pyridine rings is 1. The molecule has 2 aromatic rings. The number of benzene rings is 1. The first-order valence-corrected chi connectivity index (χ1v) is 5.75. The summed E-state index contributed by atoms with van der Waals surface area (Å²) in [4.78, 5) is 25.9. The highest BCUT2D eigenvalue weighted by Crippen LogP contribution is 2.15. The van der Waals surface area contributed by atoms with Crippen LogP contribution in [0, 0.1) is 6.92 Å². The van der Waals surface area contributed by atoms with Crippen molar-refractivity contribution in [3.05, 3.63) is 58.0 Å². The molecule has 0 fully saturated rings. The number of aromatic amines is 1. The Morgan fingerprint density at radius 1 is 1.21 bits per heavy atom. The van der Waals surface area contributed by atoms with Gasteiger partial charge in [0.2, 0.25) is 5.56 Å². The number of rotatable bonds is 3. The lowest BCUT2D eigenvalue weighted by Gasteiger charge is -2.06. The van der Waals surface area contributed by atoms with Crippen LogP contribution in [-0.2, 0) is 0 Å². The smallest absolute Gasteiger partial charge is 0.255 e. The number of ether oxygens (including phenoxy) is 1. The van der Waals surface area contributed by atoms with Gasteiger partial charge >= 0.3 is 0 Å². The summed E-state index contributed by atoms with van der Waals surface area (Å²) in [7, 11) is 1.58. The largest absolute Gasteiger partial charge is 0.497 e. The Morgan fingerprint density at radius 3 is 2.47 bits per heavy atom. The van der Waals surface area contributed by atoms with Crippen LogP contribution >= 0.6 is 0 Å². The standard InChI is InChI=1S/C14H14N2O3/c1-9-7-10(8-13(17)15-9)14(18)16-11-3-5-12(19-2)6-4-11/h3-8H,1-2H3,(H,15,17)(H,16,18). The molecule has 1 aromatic carbocycles. The molecule has 1 amide bonds. The maximum absolute atomic E-state index is 12.0. The Kier molecular flexibility index (Phi) is 3.66. The van der Waals surface area contributed by atoms with E-state index < -0.39 is 0 Å². The van der Waals surface area contributed by atoms with Gasteiger partial charge in [-0.05, 0) is 37.3 Å². The van der Waals surface area contributed by atoms with Gasteiger partial charge in [0.15, 0.2) is 0 Å². The molecule has 0 atom stereocenters. The number of methoxy groups -OCH3 is 1. The van der Waals surface area contributed by atoms with Gasteiger partial charge in [0.25, 0.3) is 5.91 Å². The Bertz CT molecular complexity index is 644. The molecule has 0 aliphatic heterocycles. The predicted octanol–water partition coefficient (Wildman–Crippen LogP) is 1.94. The minimum absolute atomic E-state index is 0.292. The Balaban J connectivity index is 2.17. The fraction of sp³-hybridized carbons (Fsp3) is 0.143. The monoisotopic (exact) mass is 258 g/mol. The summed E-state index contributed by atoms with van der Waals surface area (Å²) in [5.74, 6) is 0.393. The fourth-order valence-corrected chi connectivity index (χ4v) is 1.69. The molecule has 0 saturated heterocycles. The second-order valence-electron chi connectivity index (χ2n) is 4.10. The second-order valence-corrected chi connectivity index (χ2v) is 4.10. The quantitative estimate of drug-likeness (QED) is 0.883. The molecular weight excluding hydrogens is 244 g/mol. The lowest BCUT2D eigenvalue weighted by molar-refractivity contribution is 0.102. The molecule has 0 aliphatic carbocycles. The zero-order valence-corrected chi connectivity index (χ0v) is 10.7. The molecule has 0 radical (unpaired) electrons. The number of hydrogen-bond acceptors (Lipinski definition) is 3. The highest BCUT2D eigenvalue weighted by molar-refractivity contribution is 6.04. The van der Waals surface area contributed by atoms with E-state index in [0.717, 1.165) is 0 Å². The van der Waals surface area contributed by atoms with Crippen molar-refractivity contribution in [1.29, 1.82) is 0 Å². The number of nitrogens with one attached hydrogen (secondary N) is 2. The van der Waals surface area contributed by atoms with Gasteiger partial charge in [0, 0.05) is 23.0 Å². The number of anilines is 1. The number of amides is 1. The molecule has 0 bridgehead atoms. The molecule has 1 heterocycles. The molecule has 98 valence electrons. The van der Waals surface area contributed by atoms with E-state index in [9.17, 15) is 9.59 Å². The lowest BCUT2D eigenvalue weighted by atomic mass is 10.2. The summed E-state index contributed by atoms with van der Waals surface area (Å²) in [5.41, 5.74) is 1.33. The molecule has 0 unspecified atom stereocenters. The SMILES string of the molecule is COc1ccc(NC(=O)c2cc(C)[nH]c(=O)c2)cc1. The first kappa shape index (κ1) is 12.9. The maximum atomic E-state index is 12.0. The van der Waals surface area contributed by atoms with Crippen molar-refractivity contribution >= 4 is 11.6 Å². The molecule has 0 saturated carbocycles. The topological polar surface area (TPSA) is 71.2 Å². The van der Waals surface area contributed by atoms with E-state index in [1.165, 1.54) is 6.07 Å². The molecule has 0 aliphatic rings. The molecule has 5 nitrogen and oxygen atoms in total. The van der Waals surface area contributed by atoms with Crippen LogP contribution in [0.4, 0.5) is 5.69 Å². The Hall–Kier alpha value is -2.56. The minimum atomic E-state index is -0.320. The summed E-state index contributed by atoms with van der Waals surface area (Å²) < 4.78 is 5.03. The van der Waals surface area contributed by atoms with Gasteiger partial charge in [0.05, 0.1) is 7.11 Å². The van der Waals surface area contributed by atoms with Crippen molar-refractivity contribution in [2.24, 2.45) is 0 Å². The van der Waals surface area contributed by atoms with Crippen molar-refractivity contribution in [3.8, 4) is 5.75 Å². The van der Waals surface area contributed by atoms with Gasteiger partial charge in [-0.2, -0.15) is 0 Å². The van der Waals surface area contributed by atoms with Crippen LogP contribution in [0.5, 0.6) is 5.75 Å². The first-order chi connectivity index (χ1) is 9.08. The normalized spacial score (nSPS) is 10.0. The van der Waals surface area contributed by atoms with Gasteiger partial charge in [-0.1, -0.05) is 0 Å². The Morgan fingerprint density at radius 2 is 1.89 bits per heavy atom. The summed E-state index contributed by atoms with van der Waals surface area (Å²) in [5, 5.41) is 2.72. The molecule has 5 heteroatoms. The average molecular weight is 258 g/mol. The lowest BCUT2D eigenvalue weighted by Crippen LogP contribution is -2.16. The number of hydrogen-bond donors (Lipinski definition) is 2. The van der Waals surface area contributed by atoms with E-state index in [1.54, 1.807) is 44.4 Å². The van der Waals surface area contributed by atoms with Crippen LogP contribution < -0.4 is 15.6 Å². The highest BCUT2D eigenvalue weighted by Gasteiger charge is 2.07. The van der Waals surface area contributed by atoms with Crippen LogP contribution in [0.3, 0.4) is 0 Å². The maximum Gasteiger partial charge on any atom is 0.255 e. The van der Waals surface area contributed by atoms with Crippen LogP contribution in [-0.4, -0.2) is 18.0 Å². The van der Waals surface area contributed by atoms with Crippen molar-refractivity contribution in [2.75, 3.05) is 12.4 Å². The van der Waals surface area contributed by atoms with E-state index in [2.05, 4.69) is 10.3 Å². The van der Waals surface area contributed by atoms with Crippen molar-refractivity contribution in [2.45, 2.75) is 6.92 Å². The van der Waals surface area contributed by atoms with E-state index in [4.69, 9.17) is 4.74 Å². The number of aromatic nitrogens is 1. The molecule has 0 spiro atoms. The molecule has 19 heavy (non-hydrogen) atoms. The summed E-state index contributed by atoms with van der Waals surface area (Å²) >= 11 is 0. The molecular formula is C14H14N2O3. The van der Waals surface area contributed by atoms with Gasteiger partial charge in [-0.15, -0.1) is 0 Å². The molecule has 2 N–H and O–H groups in total. The van der Waals surface area contributed by atoms with E-state index in [1.807, 2.05) is 0 Å². The highest BCUT2D eigenvalue weighted by atomic mass is 16.5. The number of H-pyrrole nitrogens is 1. The third-order valence-corrected chi connectivity index (χ3v) is 2.59. The average Bonchev–Trinajstić information content (AvgIpc) is 2.38. The van der Waals surface area contributed by atoms with Gasteiger partial charge < -0.3 is 15.0 Å². The number of carbonyl (C=O) groups is 1. The zero-order valence-electron chi connectivity index (χ0n) is 10.7. The predicted molar refractivity (Wildman–Crippen MR) is 72.7 cm³/mol. The number of carbonyl (C=O) groups excluding carboxylic acids is 1. The van der Waals surface area contributed by atoms with Crippen molar-refractivity contribution in [3.63, 3.8) is 0 Å². The van der Waals surface area contributed by atoms with E-state index in [-0.39, 0.29) is 11.5 Å². The van der Waals surface area contributed by atoms with Gasteiger partial charge in [0.1, 0.15) is 5.75 Å². The van der Waals surface area contributed by atoms with Gasteiger partial charge in [-0.25, -0.2) is 0 Å². The minimum Gasteiger partial charge on any atom is -0.497 e. The fourth-order valence-electron chi connectivity index (χ4n) is 1.69. The van der Waals surface area contributed by atoms with E-state index >= 15 is 0 Å². The van der Waals surface area contributed by atoms with Gasteiger partial charge in [-0.3, -0.25) is 9.59 Å². The summed E-state index contributed by atoms with van der Waals surface area (Å²) in [6.45, 7) is 1.73. The van der Waals surface area contributed by atoms with E-state index in [0.29, 0.717) is 22.7 Å². The number of aryl methyl sites for hydroxylation is 1. The van der Waals surface area contributed by atoms with Crippen molar-refractivity contribution < 1.29 is 9.53 Å². The second kappa shape index (κ2) is 5.39. The van der Waals surface area contributed by atoms with Crippen LogP contribution in [0.25, 0.3) is 0 Å². The Labute approximate surface area is 110 Å². The van der Waals surface area contributed by atoms with Crippen LogP contribution in [0.1, 0.15) is 16.1 Å². The third kappa shape index (κ3) is 3.22. The zero-order chi connectivity index (χ0) is 13.8. The summed E-state index contributed by atoms with van der Waals surface area (Å²) in [6.07, 6.45) is 0. The summed E-state index contributed by atoms with van der Waals surface area (Å²) in [6, 6.07) is 9.86. The third-order valence-electron chi connectivity index (χ3n) is 2.59. The molecule has 2 rings (SSSR count). The first-order valence-electron chi connectivity index (χ1n) is 5.75. The van der Waals surface area contributed by atoms with Crippen molar-refractivity contribution in [1.82, 2.24) is 4.98 Å². The van der Waals surface area contributed by atoms with Crippen LogP contribution in [0.15, 0.2) is 41.2 Å². The molecule has 1 aromatic heterocycles.